The van der Waals surface area contributed by atoms with Crippen molar-refractivity contribution in [2.45, 2.75) is 13.5 Å². The zero-order valence-corrected chi connectivity index (χ0v) is 11.7. The summed E-state index contributed by atoms with van der Waals surface area (Å²) in [6, 6.07) is 9.53. The molecule has 0 saturated carbocycles. The number of aryl methyl sites for hydroxylation is 1. The van der Waals surface area contributed by atoms with Crippen LogP contribution in [-0.2, 0) is 6.54 Å². The Balaban J connectivity index is 2.36. The lowest BCUT2D eigenvalue weighted by Crippen LogP contribution is -2.25. The minimum Gasteiger partial charge on any atom is -0.305 e. The summed E-state index contributed by atoms with van der Waals surface area (Å²) in [5.74, 6) is -0.246. The summed E-state index contributed by atoms with van der Waals surface area (Å²) in [5.41, 5.74) is 0.829. The van der Waals surface area contributed by atoms with E-state index < -0.39 is 0 Å². The molecule has 1 heterocycles. The molecule has 19 heavy (non-hydrogen) atoms. The molecule has 0 aliphatic carbocycles. The van der Waals surface area contributed by atoms with E-state index in [-0.39, 0.29) is 17.9 Å². The minimum atomic E-state index is -0.246. The van der Waals surface area contributed by atoms with E-state index in [1.807, 2.05) is 0 Å². The second-order valence-corrected chi connectivity index (χ2v) is 4.98. The summed E-state index contributed by atoms with van der Waals surface area (Å²) < 4.78 is 1.40. The lowest BCUT2D eigenvalue weighted by molar-refractivity contribution is 0.0970. The van der Waals surface area contributed by atoms with Gasteiger partial charge in [0.1, 0.15) is 0 Å². The third-order valence-corrected chi connectivity index (χ3v) is 3.36. The highest BCUT2D eigenvalue weighted by Crippen LogP contribution is 2.21. The van der Waals surface area contributed by atoms with E-state index in [9.17, 15) is 9.59 Å². The van der Waals surface area contributed by atoms with Crippen LogP contribution in [0.5, 0.6) is 0 Å². The van der Waals surface area contributed by atoms with Crippen LogP contribution in [0.1, 0.15) is 16.1 Å². The summed E-state index contributed by atoms with van der Waals surface area (Å²) in [6.07, 6.45) is 0. The van der Waals surface area contributed by atoms with E-state index in [1.54, 1.807) is 31.2 Å². The Kier molecular flexibility index (Phi) is 4.08. The molecule has 5 heteroatoms. The largest absolute Gasteiger partial charge is 0.305 e. The van der Waals surface area contributed by atoms with E-state index in [2.05, 4.69) is 0 Å². The van der Waals surface area contributed by atoms with Crippen LogP contribution in [0.3, 0.4) is 0 Å². The Morgan fingerprint density at radius 2 is 1.95 bits per heavy atom. The number of benzene rings is 1. The summed E-state index contributed by atoms with van der Waals surface area (Å²) >= 11 is 11.8. The zero-order chi connectivity index (χ0) is 14.0. The number of pyridine rings is 1. The van der Waals surface area contributed by atoms with Crippen LogP contribution in [0.2, 0.25) is 10.0 Å². The molecule has 0 radical (unpaired) electrons. The van der Waals surface area contributed by atoms with Crippen LogP contribution in [0.15, 0.2) is 41.2 Å². The monoisotopic (exact) mass is 295 g/mol. The Morgan fingerprint density at radius 3 is 2.63 bits per heavy atom. The predicted octanol–water partition coefficient (Wildman–Crippen LogP) is 3.35. The molecule has 0 bridgehead atoms. The van der Waals surface area contributed by atoms with Gasteiger partial charge in [-0.25, -0.2) is 0 Å². The first-order valence-electron chi connectivity index (χ1n) is 5.64. The maximum absolute atomic E-state index is 12.2. The second-order valence-electron chi connectivity index (χ2n) is 4.14. The first-order valence-corrected chi connectivity index (χ1v) is 6.39. The zero-order valence-electron chi connectivity index (χ0n) is 10.2. The van der Waals surface area contributed by atoms with Gasteiger partial charge in [0.05, 0.1) is 11.6 Å². The Morgan fingerprint density at radius 1 is 1.21 bits per heavy atom. The van der Waals surface area contributed by atoms with Gasteiger partial charge in [-0.1, -0.05) is 29.3 Å². The Labute approximate surface area is 120 Å². The number of ketones is 1. The summed E-state index contributed by atoms with van der Waals surface area (Å²) in [6.45, 7) is 1.72. The van der Waals surface area contributed by atoms with Crippen molar-refractivity contribution in [3.8, 4) is 0 Å². The SMILES string of the molecule is Cc1cccc(=O)n1CC(=O)c1cc(Cl)ccc1Cl. The molecule has 1 aromatic heterocycles. The van der Waals surface area contributed by atoms with Crippen LogP contribution in [-0.4, -0.2) is 10.4 Å². The van der Waals surface area contributed by atoms with Gasteiger partial charge in [-0.2, -0.15) is 0 Å². The topological polar surface area (TPSA) is 39.1 Å². The van der Waals surface area contributed by atoms with E-state index in [0.29, 0.717) is 15.6 Å². The minimum absolute atomic E-state index is 0.0500. The highest BCUT2D eigenvalue weighted by molar-refractivity contribution is 6.35. The van der Waals surface area contributed by atoms with Crippen LogP contribution < -0.4 is 5.56 Å². The molecule has 0 unspecified atom stereocenters. The normalized spacial score (nSPS) is 10.5. The van der Waals surface area contributed by atoms with Crippen molar-refractivity contribution in [2.75, 3.05) is 0 Å². The number of rotatable bonds is 3. The lowest BCUT2D eigenvalue weighted by atomic mass is 10.1. The van der Waals surface area contributed by atoms with Crippen molar-refractivity contribution in [2.24, 2.45) is 0 Å². The van der Waals surface area contributed by atoms with Gasteiger partial charge < -0.3 is 4.57 Å². The van der Waals surface area contributed by atoms with Crippen LogP contribution in [0, 0.1) is 6.92 Å². The second kappa shape index (κ2) is 5.59. The van der Waals surface area contributed by atoms with Gasteiger partial charge in [-0.05, 0) is 31.2 Å². The number of nitrogens with zero attached hydrogens (tertiary/aromatic N) is 1. The number of carbonyl (C=O) groups excluding carboxylic acids is 1. The first kappa shape index (κ1) is 13.8. The van der Waals surface area contributed by atoms with Crippen LogP contribution in [0.25, 0.3) is 0 Å². The number of hydrogen-bond donors (Lipinski definition) is 0. The number of Topliss-reactive ketones (excluding diaryl/α,β-unsaturated/α-hetero) is 1. The van der Waals surface area contributed by atoms with Crippen molar-refractivity contribution in [3.63, 3.8) is 0 Å². The molecule has 2 rings (SSSR count). The molecule has 0 saturated heterocycles. The fraction of sp³-hybridized carbons (Fsp3) is 0.143. The molecule has 0 aliphatic heterocycles. The number of hydrogen-bond acceptors (Lipinski definition) is 2. The maximum atomic E-state index is 12.2. The van der Waals surface area contributed by atoms with Gasteiger partial charge in [0.2, 0.25) is 0 Å². The van der Waals surface area contributed by atoms with Crippen molar-refractivity contribution >= 4 is 29.0 Å². The van der Waals surface area contributed by atoms with E-state index >= 15 is 0 Å². The molecule has 0 aliphatic rings. The van der Waals surface area contributed by atoms with Crippen molar-refractivity contribution in [1.29, 1.82) is 0 Å². The average Bonchev–Trinajstić information content (AvgIpc) is 2.37. The number of aromatic nitrogens is 1. The van der Waals surface area contributed by atoms with Gasteiger partial charge in [0, 0.05) is 22.3 Å². The third kappa shape index (κ3) is 3.06. The molecule has 0 amide bonds. The van der Waals surface area contributed by atoms with E-state index in [4.69, 9.17) is 23.2 Å². The molecule has 2 aromatic rings. The van der Waals surface area contributed by atoms with Gasteiger partial charge in [-0.3, -0.25) is 9.59 Å². The van der Waals surface area contributed by atoms with Gasteiger partial charge in [0.15, 0.2) is 5.78 Å². The molecule has 0 N–H and O–H groups in total. The van der Waals surface area contributed by atoms with Crippen LogP contribution in [0.4, 0.5) is 0 Å². The molecule has 3 nitrogen and oxygen atoms in total. The standard InChI is InChI=1S/C14H11Cl2NO2/c1-9-3-2-4-14(19)17(9)8-13(18)11-7-10(15)5-6-12(11)16/h2-7H,8H2,1H3. The first-order chi connectivity index (χ1) is 8.99. The molecule has 1 aromatic carbocycles. The highest BCUT2D eigenvalue weighted by Gasteiger charge is 2.13. The molecular formula is C14H11Cl2NO2. The maximum Gasteiger partial charge on any atom is 0.251 e. The van der Waals surface area contributed by atoms with Crippen LogP contribution >= 0.6 is 23.2 Å². The number of halogens is 2. The molecular weight excluding hydrogens is 285 g/mol. The van der Waals surface area contributed by atoms with Crippen molar-refractivity contribution in [3.05, 3.63) is 68.1 Å². The Hall–Kier alpha value is -1.58. The van der Waals surface area contributed by atoms with Crippen molar-refractivity contribution in [1.82, 2.24) is 4.57 Å². The average molecular weight is 296 g/mol. The van der Waals surface area contributed by atoms with E-state index in [1.165, 1.54) is 16.7 Å². The lowest BCUT2D eigenvalue weighted by Gasteiger charge is -2.09. The number of carbonyl (C=O) groups is 1. The molecule has 98 valence electrons. The van der Waals surface area contributed by atoms with Gasteiger partial charge >= 0.3 is 0 Å². The van der Waals surface area contributed by atoms with E-state index in [0.717, 1.165) is 5.69 Å². The fourth-order valence-corrected chi connectivity index (χ4v) is 2.16. The summed E-state index contributed by atoms with van der Waals surface area (Å²) in [7, 11) is 0. The Bertz CT molecular complexity index is 692. The molecule has 0 spiro atoms. The smallest absolute Gasteiger partial charge is 0.251 e. The molecule has 0 fully saturated rings. The molecule has 0 atom stereocenters. The van der Waals surface area contributed by atoms with Gasteiger partial charge in [-0.15, -0.1) is 0 Å². The highest BCUT2D eigenvalue weighted by atomic mass is 35.5. The third-order valence-electron chi connectivity index (χ3n) is 2.80. The summed E-state index contributed by atoms with van der Waals surface area (Å²) in [5, 5.41) is 0.765. The predicted molar refractivity (Wildman–Crippen MR) is 76.2 cm³/mol. The fourth-order valence-electron chi connectivity index (χ4n) is 1.77. The quantitative estimate of drug-likeness (QED) is 0.815. The van der Waals surface area contributed by atoms with Crippen molar-refractivity contribution < 1.29 is 4.79 Å². The summed E-state index contributed by atoms with van der Waals surface area (Å²) in [4.78, 5) is 23.9. The van der Waals surface area contributed by atoms with Gasteiger partial charge in [0.25, 0.3) is 5.56 Å².